The van der Waals surface area contributed by atoms with E-state index >= 15 is 0 Å². The van der Waals surface area contributed by atoms with Gasteiger partial charge in [0.25, 0.3) is 0 Å². The van der Waals surface area contributed by atoms with Crippen LogP contribution in [0.25, 0.3) is 0 Å². The highest BCUT2D eigenvalue weighted by Crippen LogP contribution is 2.39. The second-order valence-electron chi connectivity index (χ2n) is 8.25. The van der Waals surface area contributed by atoms with Gasteiger partial charge in [0.05, 0.1) is 17.1 Å². The SMILES string of the molecule is CC(C)(C)[Si](C)(C)O[C@@H]1CCNC[C@H]1N(C(=O)O)c1ccncc1[N+](=O)[O-]. The minimum atomic E-state index is -2.14. The Morgan fingerprint density at radius 3 is 2.70 bits per heavy atom. The molecular weight excluding hydrogens is 368 g/mol. The number of amides is 1. The van der Waals surface area contributed by atoms with E-state index in [-0.39, 0.29) is 22.5 Å². The van der Waals surface area contributed by atoms with Crippen molar-refractivity contribution < 1.29 is 19.3 Å². The van der Waals surface area contributed by atoms with Gasteiger partial charge in [0, 0.05) is 12.7 Å². The number of rotatable bonds is 5. The van der Waals surface area contributed by atoms with Gasteiger partial charge in [-0.15, -0.1) is 0 Å². The number of carbonyl (C=O) groups is 1. The molecule has 0 spiro atoms. The molecule has 1 aliphatic rings. The minimum absolute atomic E-state index is 0.0139. The lowest BCUT2D eigenvalue weighted by atomic mass is 10.0. The number of aromatic nitrogens is 1. The third-order valence-corrected chi connectivity index (χ3v) is 9.92. The molecule has 2 rings (SSSR count). The molecule has 1 saturated heterocycles. The van der Waals surface area contributed by atoms with Crippen molar-refractivity contribution in [1.82, 2.24) is 10.3 Å². The van der Waals surface area contributed by atoms with Gasteiger partial charge in [-0.2, -0.15) is 0 Å². The van der Waals surface area contributed by atoms with Crippen LogP contribution in [0.15, 0.2) is 18.5 Å². The number of carboxylic acid groups (broad SMARTS) is 1. The maximum Gasteiger partial charge on any atom is 0.412 e. The Labute approximate surface area is 160 Å². The van der Waals surface area contributed by atoms with Gasteiger partial charge in [-0.05, 0) is 37.2 Å². The summed E-state index contributed by atoms with van der Waals surface area (Å²) in [7, 11) is -2.14. The van der Waals surface area contributed by atoms with E-state index in [0.29, 0.717) is 19.5 Å². The lowest BCUT2D eigenvalue weighted by molar-refractivity contribution is -0.384. The molecule has 2 atom stereocenters. The second-order valence-corrected chi connectivity index (χ2v) is 13.0. The fourth-order valence-corrected chi connectivity index (χ4v) is 4.30. The lowest BCUT2D eigenvalue weighted by Gasteiger charge is -2.45. The van der Waals surface area contributed by atoms with Crippen LogP contribution in [-0.2, 0) is 4.43 Å². The number of nitrogens with one attached hydrogen (secondary N) is 1. The van der Waals surface area contributed by atoms with E-state index in [1.807, 2.05) is 0 Å². The van der Waals surface area contributed by atoms with Crippen molar-refractivity contribution in [2.45, 2.75) is 57.5 Å². The Balaban J connectivity index is 2.43. The predicted octanol–water partition coefficient (Wildman–Crippen LogP) is 3.23. The molecule has 0 unspecified atom stereocenters. The molecule has 0 aromatic carbocycles. The lowest BCUT2D eigenvalue weighted by Crippen LogP contribution is -2.60. The van der Waals surface area contributed by atoms with Gasteiger partial charge < -0.3 is 14.8 Å². The van der Waals surface area contributed by atoms with E-state index in [4.69, 9.17) is 4.43 Å². The fraction of sp³-hybridized carbons (Fsp3) is 0.647. The van der Waals surface area contributed by atoms with Crippen LogP contribution in [-0.4, -0.2) is 54.7 Å². The summed E-state index contributed by atoms with van der Waals surface area (Å²) in [5, 5.41) is 24.4. The highest BCUT2D eigenvalue weighted by atomic mass is 28.4. The van der Waals surface area contributed by atoms with Gasteiger partial charge in [0.15, 0.2) is 8.32 Å². The molecule has 1 aromatic rings. The average molecular weight is 397 g/mol. The zero-order valence-electron chi connectivity index (χ0n) is 16.4. The van der Waals surface area contributed by atoms with Gasteiger partial charge in [-0.25, -0.2) is 4.79 Å². The molecule has 0 radical (unpaired) electrons. The van der Waals surface area contributed by atoms with Crippen LogP contribution in [0, 0.1) is 10.1 Å². The van der Waals surface area contributed by atoms with Crippen LogP contribution < -0.4 is 10.2 Å². The molecule has 1 aliphatic heterocycles. The molecule has 27 heavy (non-hydrogen) atoms. The highest BCUT2D eigenvalue weighted by Gasteiger charge is 2.44. The number of anilines is 1. The largest absolute Gasteiger partial charge is 0.465 e. The Morgan fingerprint density at radius 1 is 1.48 bits per heavy atom. The number of pyridine rings is 1. The van der Waals surface area contributed by atoms with Crippen LogP contribution in [0.2, 0.25) is 18.1 Å². The van der Waals surface area contributed by atoms with Crippen molar-refractivity contribution in [3.8, 4) is 0 Å². The summed E-state index contributed by atoms with van der Waals surface area (Å²) in [6, 6.07) is 0.802. The van der Waals surface area contributed by atoms with E-state index in [1.54, 1.807) is 0 Å². The van der Waals surface area contributed by atoms with Crippen molar-refractivity contribution in [1.29, 1.82) is 0 Å². The van der Waals surface area contributed by atoms with Crippen LogP contribution in [0.3, 0.4) is 0 Å². The monoisotopic (exact) mass is 396 g/mol. The van der Waals surface area contributed by atoms with Crippen LogP contribution in [0.5, 0.6) is 0 Å². The topological polar surface area (TPSA) is 118 Å². The fourth-order valence-electron chi connectivity index (χ4n) is 2.92. The Kier molecular flexibility index (Phi) is 6.23. The zero-order chi connectivity index (χ0) is 20.4. The molecule has 1 amide bonds. The van der Waals surface area contributed by atoms with Crippen molar-refractivity contribution >= 4 is 25.8 Å². The summed E-state index contributed by atoms with van der Waals surface area (Å²) in [5.74, 6) is 0. The summed E-state index contributed by atoms with van der Waals surface area (Å²) in [4.78, 5) is 27.7. The smallest absolute Gasteiger partial charge is 0.412 e. The van der Waals surface area contributed by atoms with Gasteiger partial charge in [0.2, 0.25) is 0 Å². The summed E-state index contributed by atoms with van der Waals surface area (Å²) < 4.78 is 6.52. The van der Waals surface area contributed by atoms with Gasteiger partial charge in [-0.3, -0.25) is 20.0 Å². The molecule has 1 aromatic heterocycles. The molecular formula is C17H28N4O5Si. The molecule has 9 nitrogen and oxygen atoms in total. The third-order valence-electron chi connectivity index (χ3n) is 5.41. The highest BCUT2D eigenvalue weighted by molar-refractivity contribution is 6.74. The first-order valence-corrected chi connectivity index (χ1v) is 11.9. The van der Waals surface area contributed by atoms with Crippen molar-refractivity contribution in [2.24, 2.45) is 0 Å². The Morgan fingerprint density at radius 2 is 2.15 bits per heavy atom. The second kappa shape index (κ2) is 7.91. The van der Waals surface area contributed by atoms with E-state index in [1.165, 1.54) is 12.3 Å². The molecule has 2 N–H and O–H groups in total. The summed E-state index contributed by atoms with van der Waals surface area (Å²) in [6.45, 7) is 11.7. The molecule has 2 heterocycles. The third kappa shape index (κ3) is 4.63. The normalized spacial score (nSPS) is 20.9. The van der Waals surface area contributed by atoms with E-state index in [2.05, 4.69) is 44.2 Å². The number of nitro groups is 1. The minimum Gasteiger partial charge on any atom is -0.465 e. The van der Waals surface area contributed by atoms with E-state index in [9.17, 15) is 20.0 Å². The average Bonchev–Trinajstić information content (AvgIpc) is 2.55. The van der Waals surface area contributed by atoms with Crippen molar-refractivity contribution in [3.63, 3.8) is 0 Å². The molecule has 0 saturated carbocycles. The molecule has 0 aliphatic carbocycles. The quantitative estimate of drug-likeness (QED) is 0.445. The molecule has 0 bridgehead atoms. The van der Waals surface area contributed by atoms with Crippen LogP contribution in [0.4, 0.5) is 16.2 Å². The van der Waals surface area contributed by atoms with Gasteiger partial charge >= 0.3 is 11.8 Å². The van der Waals surface area contributed by atoms with Crippen molar-refractivity contribution in [2.75, 3.05) is 18.0 Å². The number of hydrogen-bond donors (Lipinski definition) is 2. The maximum atomic E-state index is 12.1. The molecule has 10 heteroatoms. The Bertz CT molecular complexity index is 707. The van der Waals surface area contributed by atoms with Gasteiger partial charge in [0.1, 0.15) is 11.9 Å². The summed E-state index contributed by atoms with van der Waals surface area (Å²) >= 11 is 0. The molecule has 1 fully saturated rings. The predicted molar refractivity (Wildman–Crippen MR) is 105 cm³/mol. The maximum absolute atomic E-state index is 12.1. The molecule has 150 valence electrons. The van der Waals surface area contributed by atoms with Crippen LogP contribution >= 0.6 is 0 Å². The van der Waals surface area contributed by atoms with Crippen molar-refractivity contribution in [3.05, 3.63) is 28.6 Å². The number of nitrogens with zero attached hydrogens (tertiary/aromatic N) is 3. The zero-order valence-corrected chi connectivity index (χ0v) is 17.4. The first-order chi connectivity index (χ1) is 12.5. The van der Waals surface area contributed by atoms with Crippen LogP contribution in [0.1, 0.15) is 27.2 Å². The standard InChI is InChI=1S/C17H28N4O5Si/c1-17(2,3)27(4,5)26-15-7-9-19-11-14(15)20(16(22)23)12-6-8-18-10-13(12)21(24)25/h6,8,10,14-15,19H,7,9,11H2,1-5H3,(H,22,23)/t14-,15-/m1/s1. The van der Waals surface area contributed by atoms with Gasteiger partial charge in [-0.1, -0.05) is 20.8 Å². The van der Waals surface area contributed by atoms with E-state index in [0.717, 1.165) is 11.1 Å². The Hall–Kier alpha value is -2.04. The number of piperidine rings is 1. The first-order valence-electron chi connectivity index (χ1n) is 8.95. The van der Waals surface area contributed by atoms with E-state index < -0.39 is 25.4 Å². The number of hydrogen-bond acceptors (Lipinski definition) is 6. The first kappa shape index (κ1) is 21.3. The summed E-state index contributed by atoms with van der Waals surface area (Å²) in [6.07, 6.45) is 1.49. The summed E-state index contributed by atoms with van der Waals surface area (Å²) in [5.41, 5.74) is -0.323.